The van der Waals surface area contributed by atoms with E-state index in [0.717, 1.165) is 0 Å². The average Bonchev–Trinajstić information content (AvgIpc) is 3.32. The van der Waals surface area contributed by atoms with Crippen LogP contribution in [0.15, 0.2) is 18.9 Å². The molecule has 14 heteroatoms. The third kappa shape index (κ3) is 6.32. The van der Waals surface area contributed by atoms with Crippen LogP contribution in [-0.2, 0) is 26.7 Å². The molecule has 0 aliphatic carbocycles. The van der Waals surface area contributed by atoms with Crippen molar-refractivity contribution in [2.24, 2.45) is 0 Å². The molecule has 3 aromatic rings. The van der Waals surface area contributed by atoms with Crippen LogP contribution in [0.25, 0.3) is 11.2 Å². The molecule has 0 radical (unpaired) electrons. The molecule has 0 amide bonds. The minimum Gasteiger partial charge on any atom is -0.309 e. The van der Waals surface area contributed by atoms with Crippen LogP contribution < -0.4 is 0 Å². The Morgan fingerprint density at radius 2 is 1.82 bits per heavy atom. The summed E-state index contributed by atoms with van der Waals surface area (Å²) in [6.07, 6.45) is 3.24. The van der Waals surface area contributed by atoms with E-state index in [1.165, 1.54) is 6.33 Å². The number of hydrogen-bond donors (Lipinski definition) is 0. The van der Waals surface area contributed by atoms with Crippen LogP contribution in [0.4, 0.5) is 8.78 Å². The minimum absolute atomic E-state index is 0.108. The summed E-state index contributed by atoms with van der Waals surface area (Å²) in [5.41, 5.74) is -1.87. The van der Waals surface area contributed by atoms with Gasteiger partial charge in [-0.25, -0.2) is 15.0 Å². The topological polar surface area (TPSA) is 110 Å². The Morgan fingerprint density at radius 3 is 2.48 bits per heavy atom. The highest BCUT2D eigenvalue weighted by Crippen LogP contribution is 2.65. The molecule has 3 rings (SSSR count). The van der Waals surface area contributed by atoms with Crippen molar-refractivity contribution in [3.05, 3.63) is 29.7 Å². The molecule has 0 unspecified atom stereocenters. The molecule has 33 heavy (non-hydrogen) atoms. The smallest absolute Gasteiger partial charge is 0.309 e. The minimum atomic E-state index is -4.60. The van der Waals surface area contributed by atoms with Crippen molar-refractivity contribution in [1.29, 1.82) is 0 Å². The first kappa shape index (κ1) is 25.6. The van der Waals surface area contributed by atoms with Gasteiger partial charge in [0, 0.05) is 13.0 Å². The van der Waals surface area contributed by atoms with Gasteiger partial charge in [0.2, 0.25) is 0 Å². The number of nitrogens with zero attached hydrogens (tertiary/aromatic N) is 7. The molecule has 0 aromatic carbocycles. The molecule has 0 aliphatic heterocycles. The fourth-order valence-electron chi connectivity index (χ4n) is 3.15. The Morgan fingerprint density at radius 1 is 1.12 bits per heavy atom. The van der Waals surface area contributed by atoms with Crippen molar-refractivity contribution in [3.63, 3.8) is 0 Å². The van der Waals surface area contributed by atoms with Crippen LogP contribution >= 0.6 is 19.2 Å². The zero-order chi connectivity index (χ0) is 24.2. The third-order valence-electron chi connectivity index (χ3n) is 4.49. The van der Waals surface area contributed by atoms with E-state index in [-0.39, 0.29) is 11.6 Å². The molecule has 182 valence electrons. The van der Waals surface area contributed by atoms with Gasteiger partial charge in [0.05, 0.1) is 31.3 Å². The normalized spacial score (nSPS) is 13.0. The summed E-state index contributed by atoms with van der Waals surface area (Å²) in [6.45, 7) is 6.92. The summed E-state index contributed by atoms with van der Waals surface area (Å²) in [5, 5.41) is 8.41. The van der Waals surface area contributed by atoms with Gasteiger partial charge in [-0.1, -0.05) is 16.8 Å². The quantitative estimate of drug-likeness (QED) is 0.194. The Labute approximate surface area is 195 Å². The largest absolute Gasteiger partial charge is 0.400 e. The summed E-state index contributed by atoms with van der Waals surface area (Å²) < 4.78 is 55.6. The van der Waals surface area contributed by atoms with Crippen LogP contribution in [0.1, 0.15) is 52.7 Å². The average molecular weight is 506 g/mol. The lowest BCUT2D eigenvalue weighted by molar-refractivity contribution is 0.0121. The number of aryl methyl sites for hydroxylation is 1. The fourth-order valence-corrected chi connectivity index (χ4v) is 5.22. The van der Waals surface area contributed by atoms with Crippen LogP contribution in [0.3, 0.4) is 0 Å². The Balaban J connectivity index is 1.55. The zero-order valence-corrected chi connectivity index (χ0v) is 20.5. The summed E-state index contributed by atoms with van der Waals surface area (Å²) in [5.74, 6) is 0. The predicted molar refractivity (Wildman–Crippen MR) is 118 cm³/mol. The van der Waals surface area contributed by atoms with E-state index < -0.39 is 31.9 Å². The highest BCUT2D eigenvalue weighted by molar-refractivity contribution is 7.55. The molecule has 0 N–H and O–H groups in total. The highest BCUT2D eigenvalue weighted by Gasteiger charge is 2.53. The second-order valence-corrected chi connectivity index (χ2v) is 10.5. The number of fused-ring (bicyclic) bond motifs is 1. The van der Waals surface area contributed by atoms with Crippen molar-refractivity contribution in [2.45, 2.75) is 77.9 Å². The highest BCUT2D eigenvalue weighted by atomic mass is 35.5. The maximum atomic E-state index is 14.7. The number of rotatable bonds is 12. The van der Waals surface area contributed by atoms with Crippen molar-refractivity contribution in [2.75, 3.05) is 0 Å². The summed E-state index contributed by atoms with van der Waals surface area (Å²) in [6, 6.07) is 0. The van der Waals surface area contributed by atoms with Gasteiger partial charge < -0.3 is 13.6 Å². The van der Waals surface area contributed by atoms with Gasteiger partial charge in [0.15, 0.2) is 10.8 Å². The number of aromatic nitrogens is 7. The van der Waals surface area contributed by atoms with Crippen LogP contribution in [0.2, 0.25) is 5.15 Å². The summed E-state index contributed by atoms with van der Waals surface area (Å²) in [7, 11) is -4.60. The van der Waals surface area contributed by atoms with Crippen LogP contribution in [0, 0.1) is 0 Å². The molecule has 0 aliphatic rings. The van der Waals surface area contributed by atoms with Gasteiger partial charge in [0.25, 0.3) is 0 Å². The number of halogens is 3. The molecule has 0 spiro atoms. The van der Waals surface area contributed by atoms with Crippen molar-refractivity contribution < 1.29 is 22.4 Å². The lowest BCUT2D eigenvalue weighted by atomic mass is 10.2. The molecule has 0 atom stereocenters. The summed E-state index contributed by atoms with van der Waals surface area (Å²) in [4.78, 5) is 12.3. The lowest BCUT2D eigenvalue weighted by Crippen LogP contribution is -2.24. The van der Waals surface area contributed by atoms with Crippen molar-refractivity contribution in [3.8, 4) is 0 Å². The molecule has 0 bridgehead atoms. The number of imidazole rings is 1. The first-order valence-corrected chi connectivity index (χ1v) is 12.5. The fraction of sp³-hybridized carbons (Fsp3) is 0.632. The van der Waals surface area contributed by atoms with Gasteiger partial charge in [0.1, 0.15) is 17.5 Å². The molecule has 3 heterocycles. The van der Waals surface area contributed by atoms with Gasteiger partial charge >= 0.3 is 13.3 Å². The van der Waals surface area contributed by atoms with Gasteiger partial charge in [-0.2, -0.15) is 8.78 Å². The summed E-state index contributed by atoms with van der Waals surface area (Å²) >= 11 is 6.01. The molecule has 0 saturated heterocycles. The van der Waals surface area contributed by atoms with Gasteiger partial charge in [-0.05, 0) is 40.5 Å². The zero-order valence-electron chi connectivity index (χ0n) is 18.9. The molecule has 10 nitrogen and oxygen atoms in total. The van der Waals surface area contributed by atoms with Gasteiger partial charge in [-0.3, -0.25) is 9.25 Å². The van der Waals surface area contributed by atoms with E-state index in [1.807, 2.05) is 0 Å². The van der Waals surface area contributed by atoms with E-state index >= 15 is 0 Å². The maximum absolute atomic E-state index is 14.7. The molecular weight excluding hydrogens is 479 g/mol. The number of alkyl halides is 2. The number of unbranched alkanes of at least 4 members (excludes halogenated alkanes) is 1. The second-order valence-electron chi connectivity index (χ2n) is 8.11. The van der Waals surface area contributed by atoms with E-state index in [9.17, 15) is 13.3 Å². The number of hydrogen-bond acceptors (Lipinski definition) is 8. The van der Waals surface area contributed by atoms with E-state index in [2.05, 4.69) is 25.3 Å². The van der Waals surface area contributed by atoms with Crippen molar-refractivity contribution in [1.82, 2.24) is 34.5 Å². The van der Waals surface area contributed by atoms with Crippen LogP contribution in [0.5, 0.6) is 0 Å². The van der Waals surface area contributed by atoms with Gasteiger partial charge in [-0.15, -0.1) is 5.10 Å². The molecular formula is C19H27ClF2N7O3P. The monoisotopic (exact) mass is 505 g/mol. The first-order chi connectivity index (χ1) is 15.5. The van der Waals surface area contributed by atoms with E-state index in [0.29, 0.717) is 36.4 Å². The third-order valence-corrected chi connectivity index (χ3v) is 7.19. The molecule has 0 fully saturated rings. The molecule has 3 aromatic heterocycles. The molecule has 0 saturated carbocycles. The van der Waals surface area contributed by atoms with E-state index in [1.54, 1.807) is 49.5 Å². The van der Waals surface area contributed by atoms with E-state index in [4.69, 9.17) is 20.6 Å². The van der Waals surface area contributed by atoms with Crippen molar-refractivity contribution >= 4 is 30.4 Å². The first-order valence-electron chi connectivity index (χ1n) is 10.6. The SMILES string of the molecule is CC(C)OP(=O)(OC(C)C)C(F)(F)CCCCn1cc(Cn2cnc3c(Cl)ncnc32)nn1. The Bertz CT molecular complexity index is 1110. The second kappa shape index (κ2) is 10.5. The maximum Gasteiger partial charge on any atom is 0.400 e. The lowest BCUT2D eigenvalue weighted by Gasteiger charge is -2.29. The standard InChI is InChI=1S/C19H27ClF2N7O3P/c1-13(2)31-33(30,32-14(3)4)19(21,22)7-5-6-8-29-10-15(26-27-29)9-28-12-25-16-17(20)23-11-24-18(16)28/h10-14H,5-9H2,1-4H3. The Kier molecular flexibility index (Phi) is 8.15. The predicted octanol–water partition coefficient (Wildman–Crippen LogP) is 4.93. The Hall–Kier alpha value is -2.01. The van der Waals surface area contributed by atoms with Crippen LogP contribution in [-0.4, -0.2) is 52.4 Å².